The SMILES string of the molecule is CC(=CC=CC(C)CCC=C(C)COC(=O)C(C)(C)C)CCCc1ccoc1. The Hall–Kier alpha value is -2.03. The van der Waals surface area contributed by atoms with Crippen LogP contribution < -0.4 is 0 Å². The molecule has 1 rings (SSSR count). The van der Waals surface area contributed by atoms with E-state index in [4.69, 9.17) is 9.15 Å². The van der Waals surface area contributed by atoms with Crippen LogP contribution in [0.3, 0.4) is 0 Å². The van der Waals surface area contributed by atoms with Gasteiger partial charge in [-0.1, -0.05) is 36.8 Å². The van der Waals surface area contributed by atoms with Crippen molar-refractivity contribution in [2.75, 3.05) is 6.61 Å². The molecule has 0 aliphatic heterocycles. The first-order valence-electron chi connectivity index (χ1n) is 10.4. The number of furan rings is 1. The molecule has 0 aromatic carbocycles. The maximum Gasteiger partial charge on any atom is 0.311 e. The number of aryl methyl sites for hydroxylation is 1. The molecule has 156 valence electrons. The summed E-state index contributed by atoms with van der Waals surface area (Å²) in [5.41, 5.74) is 3.35. The van der Waals surface area contributed by atoms with Crippen molar-refractivity contribution >= 4 is 5.97 Å². The van der Waals surface area contributed by atoms with Crippen LogP contribution in [0.2, 0.25) is 0 Å². The second kappa shape index (κ2) is 12.4. The van der Waals surface area contributed by atoms with Crippen molar-refractivity contribution < 1.29 is 13.9 Å². The second-order valence-electron chi connectivity index (χ2n) is 8.81. The van der Waals surface area contributed by atoms with Crippen molar-refractivity contribution in [2.45, 2.75) is 73.6 Å². The quantitative estimate of drug-likeness (QED) is 0.232. The van der Waals surface area contributed by atoms with Crippen LogP contribution in [0, 0.1) is 11.3 Å². The van der Waals surface area contributed by atoms with Crippen LogP contribution in [-0.4, -0.2) is 12.6 Å². The monoisotopic (exact) mass is 386 g/mol. The fourth-order valence-corrected chi connectivity index (χ4v) is 2.64. The van der Waals surface area contributed by atoms with Crippen molar-refractivity contribution in [3.05, 3.63) is 59.6 Å². The average molecular weight is 387 g/mol. The molecule has 0 N–H and O–H groups in total. The summed E-state index contributed by atoms with van der Waals surface area (Å²) >= 11 is 0. The van der Waals surface area contributed by atoms with Gasteiger partial charge in [-0.25, -0.2) is 0 Å². The molecule has 0 bridgehead atoms. The van der Waals surface area contributed by atoms with Crippen molar-refractivity contribution in [1.82, 2.24) is 0 Å². The zero-order chi connectivity index (χ0) is 21.0. The number of carbonyl (C=O) groups is 1. The molecule has 0 saturated heterocycles. The molecule has 0 fully saturated rings. The van der Waals surface area contributed by atoms with Gasteiger partial charge in [-0.3, -0.25) is 4.79 Å². The topological polar surface area (TPSA) is 39.4 Å². The normalized spacial score (nSPS) is 14.5. The summed E-state index contributed by atoms with van der Waals surface area (Å²) in [7, 11) is 0. The van der Waals surface area contributed by atoms with Crippen molar-refractivity contribution in [1.29, 1.82) is 0 Å². The number of rotatable bonds is 11. The van der Waals surface area contributed by atoms with E-state index in [-0.39, 0.29) is 5.97 Å². The van der Waals surface area contributed by atoms with Crippen LogP contribution in [0.1, 0.15) is 72.8 Å². The Balaban J connectivity index is 2.23. The maximum absolute atomic E-state index is 11.8. The summed E-state index contributed by atoms with van der Waals surface area (Å²) in [5, 5.41) is 0. The Bertz CT molecular complexity index is 654. The molecule has 1 aromatic heterocycles. The molecular formula is C25H38O3. The highest BCUT2D eigenvalue weighted by molar-refractivity contribution is 5.75. The zero-order valence-corrected chi connectivity index (χ0v) is 18.6. The van der Waals surface area contributed by atoms with Crippen LogP contribution in [0.4, 0.5) is 0 Å². The van der Waals surface area contributed by atoms with E-state index in [9.17, 15) is 4.79 Å². The molecule has 1 heterocycles. The van der Waals surface area contributed by atoms with Crippen molar-refractivity contribution in [2.24, 2.45) is 11.3 Å². The highest BCUT2D eigenvalue weighted by atomic mass is 16.5. The smallest absolute Gasteiger partial charge is 0.311 e. The van der Waals surface area contributed by atoms with Crippen LogP contribution in [0.25, 0.3) is 0 Å². The van der Waals surface area contributed by atoms with Crippen LogP contribution in [0.5, 0.6) is 0 Å². The number of hydrogen-bond acceptors (Lipinski definition) is 3. The van der Waals surface area contributed by atoms with Crippen LogP contribution in [0.15, 0.2) is 58.5 Å². The summed E-state index contributed by atoms with van der Waals surface area (Å²) in [6, 6.07) is 2.03. The molecule has 1 aromatic rings. The summed E-state index contributed by atoms with van der Waals surface area (Å²) in [4.78, 5) is 11.8. The molecule has 0 aliphatic rings. The van der Waals surface area contributed by atoms with E-state index in [1.165, 1.54) is 11.1 Å². The predicted octanol–water partition coefficient (Wildman–Crippen LogP) is 7.06. The molecule has 0 aliphatic carbocycles. The molecule has 0 radical (unpaired) electrons. The third-order valence-electron chi connectivity index (χ3n) is 4.60. The Morgan fingerprint density at radius 2 is 2.00 bits per heavy atom. The molecule has 28 heavy (non-hydrogen) atoms. The number of allylic oxidation sites excluding steroid dienone is 5. The van der Waals surface area contributed by atoms with Gasteiger partial charge in [0.15, 0.2) is 0 Å². The van der Waals surface area contributed by atoms with E-state index in [1.807, 2.05) is 40.0 Å². The molecule has 0 spiro atoms. The predicted molar refractivity (Wildman–Crippen MR) is 117 cm³/mol. The third-order valence-corrected chi connectivity index (χ3v) is 4.60. The number of esters is 1. The summed E-state index contributed by atoms with van der Waals surface area (Å²) in [6.45, 7) is 12.5. The minimum atomic E-state index is -0.440. The van der Waals surface area contributed by atoms with Gasteiger partial charge in [-0.05, 0) is 89.8 Å². The van der Waals surface area contributed by atoms with Gasteiger partial charge in [0, 0.05) is 0 Å². The Morgan fingerprint density at radius 3 is 2.64 bits per heavy atom. The summed E-state index contributed by atoms with van der Waals surface area (Å²) in [5.74, 6) is 0.375. The Labute approximate surface area is 171 Å². The highest BCUT2D eigenvalue weighted by Gasteiger charge is 2.22. The minimum absolute atomic E-state index is 0.150. The molecule has 3 nitrogen and oxygen atoms in total. The maximum atomic E-state index is 11.8. The summed E-state index contributed by atoms with van der Waals surface area (Å²) in [6.07, 6.45) is 17.8. The van der Waals surface area contributed by atoms with E-state index < -0.39 is 5.41 Å². The van der Waals surface area contributed by atoms with Gasteiger partial charge in [0.25, 0.3) is 0 Å². The van der Waals surface area contributed by atoms with Crippen LogP contribution in [-0.2, 0) is 16.0 Å². The lowest BCUT2D eigenvalue weighted by atomic mass is 9.97. The highest BCUT2D eigenvalue weighted by Crippen LogP contribution is 2.16. The van der Waals surface area contributed by atoms with E-state index in [0.717, 1.165) is 37.7 Å². The summed E-state index contributed by atoms with van der Waals surface area (Å²) < 4.78 is 10.4. The Morgan fingerprint density at radius 1 is 1.25 bits per heavy atom. The van der Waals surface area contributed by atoms with Gasteiger partial charge in [0.2, 0.25) is 0 Å². The van der Waals surface area contributed by atoms with E-state index in [1.54, 1.807) is 6.26 Å². The standard InChI is InChI=1S/C25H38O3/c1-20(12-8-14-22(3)18-28-24(26)25(4,5)6)10-7-11-21(2)13-9-15-23-16-17-27-19-23/h7,10-11,14,16-17,19-20H,8-9,12-13,15,18H2,1-6H3. The van der Waals surface area contributed by atoms with E-state index in [2.05, 4.69) is 38.2 Å². The largest absolute Gasteiger partial charge is 0.472 e. The van der Waals surface area contributed by atoms with Gasteiger partial charge in [-0.15, -0.1) is 0 Å². The van der Waals surface area contributed by atoms with Gasteiger partial charge < -0.3 is 9.15 Å². The fraction of sp³-hybridized carbons (Fsp3) is 0.560. The number of hydrogen-bond donors (Lipinski definition) is 0. The Kier molecular flexibility index (Phi) is 10.7. The number of ether oxygens (including phenoxy) is 1. The molecule has 3 heteroatoms. The molecular weight excluding hydrogens is 348 g/mol. The third kappa shape index (κ3) is 11.0. The van der Waals surface area contributed by atoms with Gasteiger partial charge >= 0.3 is 5.97 Å². The van der Waals surface area contributed by atoms with Gasteiger partial charge in [0.1, 0.15) is 6.61 Å². The minimum Gasteiger partial charge on any atom is -0.472 e. The first-order valence-corrected chi connectivity index (χ1v) is 10.4. The molecule has 0 amide bonds. The van der Waals surface area contributed by atoms with Crippen molar-refractivity contribution in [3.63, 3.8) is 0 Å². The van der Waals surface area contributed by atoms with Gasteiger partial charge in [0.05, 0.1) is 17.9 Å². The van der Waals surface area contributed by atoms with E-state index >= 15 is 0 Å². The zero-order valence-electron chi connectivity index (χ0n) is 18.6. The lowest BCUT2D eigenvalue weighted by Crippen LogP contribution is -2.23. The van der Waals surface area contributed by atoms with Crippen LogP contribution >= 0.6 is 0 Å². The lowest BCUT2D eigenvalue weighted by Gasteiger charge is -2.16. The second-order valence-corrected chi connectivity index (χ2v) is 8.81. The molecule has 1 unspecified atom stereocenters. The fourth-order valence-electron chi connectivity index (χ4n) is 2.64. The van der Waals surface area contributed by atoms with E-state index in [0.29, 0.717) is 12.5 Å². The molecule has 1 atom stereocenters. The first kappa shape index (κ1) is 24.0. The lowest BCUT2D eigenvalue weighted by molar-refractivity contribution is -0.151. The number of carbonyl (C=O) groups excluding carboxylic acids is 1. The van der Waals surface area contributed by atoms with Crippen molar-refractivity contribution in [3.8, 4) is 0 Å². The molecule has 0 saturated carbocycles. The average Bonchev–Trinajstić information content (AvgIpc) is 3.12. The van der Waals surface area contributed by atoms with Gasteiger partial charge in [-0.2, -0.15) is 0 Å². The first-order chi connectivity index (χ1) is 13.2.